The van der Waals surface area contributed by atoms with E-state index in [0.29, 0.717) is 16.4 Å². The van der Waals surface area contributed by atoms with E-state index < -0.39 is 10.0 Å². The van der Waals surface area contributed by atoms with E-state index in [9.17, 15) is 13.2 Å². The SMILES string of the molecule is CCc1ccc(NC(=O)CCN(c2ccc(C)c(Cl)c2)S(C)(=O)=O)cc1. The molecule has 0 heterocycles. The van der Waals surface area contributed by atoms with Crippen LogP contribution in [0.3, 0.4) is 0 Å². The van der Waals surface area contributed by atoms with Crippen LogP contribution in [0.1, 0.15) is 24.5 Å². The molecular formula is C19H23ClN2O3S. The minimum absolute atomic E-state index is 0.0358. The number of benzene rings is 2. The molecule has 2 aromatic rings. The molecule has 26 heavy (non-hydrogen) atoms. The summed E-state index contributed by atoms with van der Waals surface area (Å²) in [6.07, 6.45) is 2.08. The van der Waals surface area contributed by atoms with Gasteiger partial charge in [0.25, 0.3) is 0 Å². The number of nitrogens with one attached hydrogen (secondary N) is 1. The van der Waals surface area contributed by atoms with Crippen molar-refractivity contribution in [2.24, 2.45) is 0 Å². The number of halogens is 1. The molecule has 0 saturated heterocycles. The van der Waals surface area contributed by atoms with Crippen molar-refractivity contribution in [2.75, 3.05) is 22.4 Å². The van der Waals surface area contributed by atoms with Gasteiger partial charge in [-0.15, -0.1) is 0 Å². The van der Waals surface area contributed by atoms with Crippen LogP contribution in [0.4, 0.5) is 11.4 Å². The first-order valence-corrected chi connectivity index (χ1v) is 10.6. The smallest absolute Gasteiger partial charge is 0.232 e. The fourth-order valence-electron chi connectivity index (χ4n) is 2.47. The summed E-state index contributed by atoms with van der Waals surface area (Å²) in [6, 6.07) is 12.6. The first-order valence-electron chi connectivity index (χ1n) is 8.33. The number of carbonyl (C=O) groups excluding carboxylic acids is 1. The highest BCUT2D eigenvalue weighted by atomic mass is 35.5. The third kappa shape index (κ3) is 5.47. The molecule has 2 rings (SSSR count). The fraction of sp³-hybridized carbons (Fsp3) is 0.316. The standard InChI is InChI=1S/C19H23ClN2O3S/c1-4-15-6-8-16(9-7-15)21-19(23)11-12-22(26(3,24)25)17-10-5-14(2)18(20)13-17/h5-10,13H,4,11-12H2,1-3H3,(H,21,23). The Morgan fingerprint density at radius 3 is 2.35 bits per heavy atom. The monoisotopic (exact) mass is 394 g/mol. The summed E-state index contributed by atoms with van der Waals surface area (Å²) in [4.78, 5) is 12.2. The second kappa shape index (κ2) is 8.56. The number of hydrogen-bond donors (Lipinski definition) is 1. The summed E-state index contributed by atoms with van der Waals surface area (Å²) >= 11 is 6.10. The van der Waals surface area contributed by atoms with Crippen LogP contribution in [0.5, 0.6) is 0 Å². The van der Waals surface area contributed by atoms with Gasteiger partial charge in [0.05, 0.1) is 11.9 Å². The Bertz CT molecular complexity index is 880. The summed E-state index contributed by atoms with van der Waals surface area (Å²) < 4.78 is 25.4. The van der Waals surface area contributed by atoms with Crippen molar-refractivity contribution in [3.63, 3.8) is 0 Å². The first-order chi connectivity index (χ1) is 12.2. The molecule has 0 spiro atoms. The maximum atomic E-state index is 12.2. The zero-order valence-corrected chi connectivity index (χ0v) is 16.7. The predicted octanol–water partition coefficient (Wildman–Crippen LogP) is 4.01. The number of amides is 1. The molecule has 7 heteroatoms. The average molecular weight is 395 g/mol. The van der Waals surface area contributed by atoms with Gasteiger partial charge >= 0.3 is 0 Å². The number of nitrogens with zero attached hydrogens (tertiary/aromatic N) is 1. The topological polar surface area (TPSA) is 66.5 Å². The Hall–Kier alpha value is -2.05. The second-order valence-corrected chi connectivity index (χ2v) is 8.43. The Labute approximate surface area is 160 Å². The van der Waals surface area contributed by atoms with Crippen LogP contribution in [-0.4, -0.2) is 27.1 Å². The van der Waals surface area contributed by atoms with Gasteiger partial charge in [-0.25, -0.2) is 8.42 Å². The molecule has 0 fully saturated rings. The van der Waals surface area contributed by atoms with E-state index in [-0.39, 0.29) is 18.9 Å². The van der Waals surface area contributed by atoms with Crippen LogP contribution in [0.15, 0.2) is 42.5 Å². The van der Waals surface area contributed by atoms with Crippen LogP contribution in [0.25, 0.3) is 0 Å². The van der Waals surface area contributed by atoms with Crippen LogP contribution in [0.2, 0.25) is 5.02 Å². The molecule has 140 valence electrons. The Balaban J connectivity index is 2.06. The van der Waals surface area contributed by atoms with E-state index in [2.05, 4.69) is 12.2 Å². The second-order valence-electron chi connectivity index (χ2n) is 6.12. The third-order valence-corrected chi connectivity index (χ3v) is 5.63. The number of rotatable bonds is 7. The van der Waals surface area contributed by atoms with Gasteiger partial charge in [0, 0.05) is 23.7 Å². The van der Waals surface area contributed by atoms with E-state index in [0.717, 1.165) is 18.2 Å². The maximum Gasteiger partial charge on any atom is 0.232 e. The van der Waals surface area contributed by atoms with Crippen molar-refractivity contribution in [1.29, 1.82) is 0 Å². The summed E-state index contributed by atoms with van der Waals surface area (Å²) in [5.74, 6) is -0.249. The summed E-state index contributed by atoms with van der Waals surface area (Å²) in [5, 5.41) is 3.27. The molecule has 0 aliphatic carbocycles. The van der Waals surface area contributed by atoms with Gasteiger partial charge < -0.3 is 5.32 Å². The van der Waals surface area contributed by atoms with E-state index in [4.69, 9.17) is 11.6 Å². The zero-order chi connectivity index (χ0) is 19.3. The van der Waals surface area contributed by atoms with Crippen molar-refractivity contribution in [3.8, 4) is 0 Å². The van der Waals surface area contributed by atoms with Gasteiger partial charge in [0.15, 0.2) is 0 Å². The lowest BCUT2D eigenvalue weighted by Gasteiger charge is -2.22. The molecule has 0 unspecified atom stereocenters. The highest BCUT2D eigenvalue weighted by molar-refractivity contribution is 7.92. The van der Waals surface area contributed by atoms with Crippen molar-refractivity contribution < 1.29 is 13.2 Å². The molecular weight excluding hydrogens is 372 g/mol. The Morgan fingerprint density at radius 2 is 1.81 bits per heavy atom. The minimum atomic E-state index is -3.53. The van der Waals surface area contributed by atoms with Crippen LogP contribution < -0.4 is 9.62 Å². The fourth-order valence-corrected chi connectivity index (χ4v) is 3.57. The van der Waals surface area contributed by atoms with E-state index in [1.165, 1.54) is 9.87 Å². The molecule has 0 bridgehead atoms. The highest BCUT2D eigenvalue weighted by Crippen LogP contribution is 2.25. The summed E-state index contributed by atoms with van der Waals surface area (Å²) in [7, 11) is -3.53. The molecule has 1 N–H and O–H groups in total. The lowest BCUT2D eigenvalue weighted by molar-refractivity contribution is -0.116. The normalized spacial score (nSPS) is 11.2. The molecule has 0 aromatic heterocycles. The highest BCUT2D eigenvalue weighted by Gasteiger charge is 2.19. The summed E-state index contributed by atoms with van der Waals surface area (Å²) in [5.41, 5.74) is 3.18. The number of sulfonamides is 1. The molecule has 0 radical (unpaired) electrons. The van der Waals surface area contributed by atoms with Gasteiger partial charge in [0.2, 0.25) is 15.9 Å². The van der Waals surface area contributed by atoms with Crippen LogP contribution in [0, 0.1) is 6.92 Å². The Morgan fingerprint density at radius 1 is 1.15 bits per heavy atom. The first kappa shape index (κ1) is 20.3. The van der Waals surface area contributed by atoms with Gasteiger partial charge in [-0.05, 0) is 48.7 Å². The van der Waals surface area contributed by atoms with Crippen molar-refractivity contribution >= 4 is 38.9 Å². The third-order valence-electron chi connectivity index (χ3n) is 4.03. The molecule has 1 amide bonds. The number of hydrogen-bond acceptors (Lipinski definition) is 3. The van der Waals surface area contributed by atoms with Crippen LogP contribution >= 0.6 is 11.6 Å². The van der Waals surface area contributed by atoms with Crippen molar-refractivity contribution in [1.82, 2.24) is 0 Å². The van der Waals surface area contributed by atoms with Crippen molar-refractivity contribution in [2.45, 2.75) is 26.7 Å². The number of carbonyl (C=O) groups is 1. The van der Waals surface area contributed by atoms with Crippen LogP contribution in [-0.2, 0) is 21.2 Å². The van der Waals surface area contributed by atoms with E-state index >= 15 is 0 Å². The van der Waals surface area contributed by atoms with Gasteiger partial charge in [-0.2, -0.15) is 0 Å². The average Bonchev–Trinajstić information content (AvgIpc) is 2.57. The lowest BCUT2D eigenvalue weighted by atomic mass is 10.1. The molecule has 2 aromatic carbocycles. The van der Waals surface area contributed by atoms with E-state index in [1.807, 2.05) is 31.2 Å². The number of aryl methyl sites for hydroxylation is 2. The molecule has 0 atom stereocenters. The quantitative estimate of drug-likeness (QED) is 0.771. The molecule has 0 aliphatic rings. The largest absolute Gasteiger partial charge is 0.326 e. The minimum Gasteiger partial charge on any atom is -0.326 e. The zero-order valence-electron chi connectivity index (χ0n) is 15.1. The Kier molecular flexibility index (Phi) is 6.67. The van der Waals surface area contributed by atoms with Gasteiger partial charge in [0.1, 0.15) is 0 Å². The lowest BCUT2D eigenvalue weighted by Crippen LogP contribution is -2.33. The summed E-state index contributed by atoms with van der Waals surface area (Å²) in [6.45, 7) is 3.94. The number of anilines is 2. The predicted molar refractivity (Wildman–Crippen MR) is 107 cm³/mol. The van der Waals surface area contributed by atoms with Gasteiger partial charge in [-0.3, -0.25) is 9.10 Å². The molecule has 0 saturated carbocycles. The van der Waals surface area contributed by atoms with E-state index in [1.54, 1.807) is 18.2 Å². The van der Waals surface area contributed by atoms with Crippen molar-refractivity contribution in [3.05, 3.63) is 58.6 Å². The van der Waals surface area contributed by atoms with Gasteiger partial charge in [-0.1, -0.05) is 36.7 Å². The maximum absolute atomic E-state index is 12.2. The molecule has 5 nitrogen and oxygen atoms in total. The molecule has 0 aliphatic heterocycles.